The number of benzene rings is 2. The summed E-state index contributed by atoms with van der Waals surface area (Å²) in [6, 6.07) is 15.3. The zero-order chi connectivity index (χ0) is 21.3. The number of nitrogens with zero attached hydrogens (tertiary/aromatic N) is 3. The molecule has 0 amide bonds. The molecule has 0 radical (unpaired) electrons. The van der Waals surface area contributed by atoms with Gasteiger partial charge in [-0.15, -0.1) is 0 Å². The number of halogens is 1. The molecule has 2 heterocycles. The molecule has 6 nitrogen and oxygen atoms in total. The molecule has 3 aromatic rings. The van der Waals surface area contributed by atoms with Crippen molar-refractivity contribution in [2.75, 3.05) is 12.4 Å². The lowest BCUT2D eigenvalue weighted by Gasteiger charge is -2.18. The molecule has 158 valence electrons. The minimum Gasteiger partial charge on any atom is -0.492 e. The van der Waals surface area contributed by atoms with Gasteiger partial charge in [0, 0.05) is 22.7 Å². The molecule has 1 aliphatic heterocycles. The Morgan fingerprint density at radius 3 is 2.50 bits per heavy atom. The fourth-order valence-electron chi connectivity index (χ4n) is 3.76. The highest BCUT2D eigenvalue weighted by molar-refractivity contribution is 7.89. The molecule has 8 heteroatoms. The van der Waals surface area contributed by atoms with Gasteiger partial charge in [-0.2, -0.15) is 9.40 Å². The number of para-hydroxylation sites is 2. The first-order valence-corrected chi connectivity index (χ1v) is 12.0. The number of ether oxygens (including phenoxy) is 1. The Kier molecular flexibility index (Phi) is 5.86. The number of fused-ring (bicyclic) bond motifs is 1. The van der Waals surface area contributed by atoms with E-state index in [-0.39, 0.29) is 12.3 Å². The van der Waals surface area contributed by atoms with Crippen molar-refractivity contribution in [3.63, 3.8) is 0 Å². The second kappa shape index (κ2) is 8.41. The van der Waals surface area contributed by atoms with Gasteiger partial charge in [-0.25, -0.2) is 13.1 Å². The van der Waals surface area contributed by atoms with Gasteiger partial charge in [-0.1, -0.05) is 42.8 Å². The van der Waals surface area contributed by atoms with E-state index >= 15 is 0 Å². The summed E-state index contributed by atoms with van der Waals surface area (Å²) in [6.45, 7) is 4.94. The molecule has 4 rings (SSSR count). The number of rotatable bonds is 7. The largest absolute Gasteiger partial charge is 0.492 e. The summed E-state index contributed by atoms with van der Waals surface area (Å²) in [5.41, 5.74) is 4.30. The van der Waals surface area contributed by atoms with Crippen LogP contribution in [0.25, 0.3) is 16.9 Å². The first-order chi connectivity index (χ1) is 14.4. The molecule has 1 aliphatic rings. The van der Waals surface area contributed by atoms with E-state index in [4.69, 9.17) is 21.4 Å². The predicted octanol–water partition coefficient (Wildman–Crippen LogP) is 4.65. The standard InChI is InChI=1S/C22H24ClN3O3S/c1-3-13-30(27,28)25-14-18-19(15-25)24-26(20-7-5-6-8-21(20)29-4-2)22(18)16-9-11-17(23)12-10-16/h5-12H,3-4,13-15H2,1-2H3. The first kappa shape index (κ1) is 20.9. The monoisotopic (exact) mass is 445 g/mol. The minimum absolute atomic E-state index is 0.140. The van der Waals surface area contributed by atoms with Crippen molar-refractivity contribution in [1.29, 1.82) is 0 Å². The molecule has 0 spiro atoms. The number of hydrogen-bond acceptors (Lipinski definition) is 4. The second-order valence-electron chi connectivity index (χ2n) is 7.18. The SMILES string of the molecule is CCCS(=O)(=O)N1Cc2nn(-c3ccccc3OCC)c(-c3ccc(Cl)cc3)c2C1. The predicted molar refractivity (Wildman–Crippen MR) is 119 cm³/mol. The van der Waals surface area contributed by atoms with Crippen LogP contribution in [0.15, 0.2) is 48.5 Å². The van der Waals surface area contributed by atoms with Gasteiger partial charge in [0.1, 0.15) is 11.4 Å². The Labute approximate surface area is 182 Å². The van der Waals surface area contributed by atoms with E-state index in [1.165, 1.54) is 4.31 Å². The van der Waals surface area contributed by atoms with Crippen molar-refractivity contribution in [3.8, 4) is 22.7 Å². The minimum atomic E-state index is -3.31. The highest BCUT2D eigenvalue weighted by atomic mass is 35.5. The van der Waals surface area contributed by atoms with Crippen molar-refractivity contribution >= 4 is 21.6 Å². The van der Waals surface area contributed by atoms with Crippen molar-refractivity contribution in [2.45, 2.75) is 33.4 Å². The molecule has 0 saturated heterocycles. The van der Waals surface area contributed by atoms with E-state index in [2.05, 4.69) is 0 Å². The zero-order valence-corrected chi connectivity index (χ0v) is 18.6. The Morgan fingerprint density at radius 1 is 1.07 bits per heavy atom. The lowest BCUT2D eigenvalue weighted by atomic mass is 10.1. The molecule has 30 heavy (non-hydrogen) atoms. The van der Waals surface area contributed by atoms with Gasteiger partial charge < -0.3 is 4.74 Å². The van der Waals surface area contributed by atoms with E-state index in [1.54, 1.807) is 0 Å². The van der Waals surface area contributed by atoms with Gasteiger partial charge >= 0.3 is 0 Å². The van der Waals surface area contributed by atoms with Crippen LogP contribution in [0.3, 0.4) is 0 Å². The lowest BCUT2D eigenvalue weighted by molar-refractivity contribution is 0.338. The molecular weight excluding hydrogens is 422 g/mol. The van der Waals surface area contributed by atoms with E-state index in [0.29, 0.717) is 24.6 Å². The van der Waals surface area contributed by atoms with E-state index in [1.807, 2.05) is 67.1 Å². The molecular formula is C22H24ClN3O3S. The van der Waals surface area contributed by atoms with Crippen molar-refractivity contribution in [1.82, 2.24) is 14.1 Å². The summed E-state index contributed by atoms with van der Waals surface area (Å²) in [7, 11) is -3.31. The number of sulfonamides is 1. The Balaban J connectivity index is 1.86. The van der Waals surface area contributed by atoms with Gasteiger partial charge in [-0.3, -0.25) is 0 Å². The molecule has 0 aliphatic carbocycles. The number of hydrogen-bond donors (Lipinski definition) is 0. The summed E-state index contributed by atoms with van der Waals surface area (Å²) in [6.07, 6.45) is 0.586. The van der Waals surface area contributed by atoms with Crippen LogP contribution in [-0.2, 0) is 23.1 Å². The van der Waals surface area contributed by atoms with Crippen LogP contribution in [0, 0.1) is 0 Å². The topological polar surface area (TPSA) is 64.4 Å². The third-order valence-electron chi connectivity index (χ3n) is 5.09. The van der Waals surface area contributed by atoms with Crippen LogP contribution in [0.2, 0.25) is 5.02 Å². The average Bonchev–Trinajstić information content (AvgIpc) is 3.28. The Bertz CT molecular complexity index is 1160. The second-order valence-corrected chi connectivity index (χ2v) is 9.70. The first-order valence-electron chi connectivity index (χ1n) is 10.0. The van der Waals surface area contributed by atoms with Gasteiger partial charge in [-0.05, 0) is 37.6 Å². The van der Waals surface area contributed by atoms with E-state index < -0.39 is 10.0 Å². The van der Waals surface area contributed by atoms with Crippen molar-refractivity contribution in [3.05, 3.63) is 64.8 Å². The molecule has 0 N–H and O–H groups in total. The quantitative estimate of drug-likeness (QED) is 0.531. The maximum atomic E-state index is 12.6. The zero-order valence-electron chi connectivity index (χ0n) is 17.0. The Hall–Kier alpha value is -2.35. The van der Waals surface area contributed by atoms with Crippen molar-refractivity contribution < 1.29 is 13.2 Å². The molecule has 1 aromatic heterocycles. The summed E-state index contributed by atoms with van der Waals surface area (Å²) in [4.78, 5) is 0. The summed E-state index contributed by atoms with van der Waals surface area (Å²) < 4.78 is 34.5. The van der Waals surface area contributed by atoms with Gasteiger partial charge in [0.25, 0.3) is 0 Å². The molecule has 2 aromatic carbocycles. The van der Waals surface area contributed by atoms with Gasteiger partial charge in [0.05, 0.1) is 30.3 Å². The maximum Gasteiger partial charge on any atom is 0.214 e. The molecule has 0 atom stereocenters. The highest BCUT2D eigenvalue weighted by Gasteiger charge is 2.34. The molecule has 0 saturated carbocycles. The van der Waals surface area contributed by atoms with Crippen LogP contribution in [0.5, 0.6) is 5.75 Å². The lowest BCUT2D eigenvalue weighted by Crippen LogP contribution is -2.28. The van der Waals surface area contributed by atoms with Crippen LogP contribution in [-0.4, -0.2) is 34.9 Å². The van der Waals surface area contributed by atoms with Gasteiger partial charge in [0.2, 0.25) is 10.0 Å². The van der Waals surface area contributed by atoms with E-state index in [0.717, 1.165) is 34.0 Å². The van der Waals surface area contributed by atoms with E-state index in [9.17, 15) is 8.42 Å². The summed E-state index contributed by atoms with van der Waals surface area (Å²) >= 11 is 6.10. The maximum absolute atomic E-state index is 12.6. The van der Waals surface area contributed by atoms with Gasteiger partial charge in [0.15, 0.2) is 0 Å². The third kappa shape index (κ3) is 3.85. The van der Waals surface area contributed by atoms with Crippen LogP contribution < -0.4 is 4.74 Å². The molecule has 0 bridgehead atoms. The van der Waals surface area contributed by atoms with Crippen LogP contribution in [0.4, 0.5) is 0 Å². The third-order valence-corrected chi connectivity index (χ3v) is 7.31. The Morgan fingerprint density at radius 2 is 1.80 bits per heavy atom. The fraction of sp³-hybridized carbons (Fsp3) is 0.318. The number of aromatic nitrogens is 2. The molecule has 0 fully saturated rings. The van der Waals surface area contributed by atoms with Crippen molar-refractivity contribution in [2.24, 2.45) is 0 Å². The average molecular weight is 446 g/mol. The highest BCUT2D eigenvalue weighted by Crippen LogP contribution is 2.38. The van der Waals surface area contributed by atoms with Crippen LogP contribution in [0.1, 0.15) is 31.5 Å². The normalized spacial score (nSPS) is 14.1. The smallest absolute Gasteiger partial charge is 0.214 e. The summed E-state index contributed by atoms with van der Waals surface area (Å²) in [5, 5.41) is 5.47. The van der Waals surface area contributed by atoms with Crippen LogP contribution >= 0.6 is 11.6 Å². The summed E-state index contributed by atoms with van der Waals surface area (Å²) in [5.74, 6) is 0.868. The molecule has 0 unspecified atom stereocenters. The fourth-order valence-corrected chi connectivity index (χ4v) is 5.30.